The van der Waals surface area contributed by atoms with Gasteiger partial charge in [-0.05, 0) is 0 Å². The highest BCUT2D eigenvalue weighted by Gasteiger charge is 2.80. The van der Waals surface area contributed by atoms with Crippen LogP contribution in [-0.2, 0) is 9.53 Å². The molecule has 0 amide bonds. The van der Waals surface area contributed by atoms with Gasteiger partial charge in [0.05, 0.1) is 0 Å². The first-order valence-electron chi connectivity index (χ1n) is 3.91. The highest BCUT2D eigenvalue weighted by atomic mass is 19.4. The second-order valence-corrected chi connectivity index (χ2v) is 3.09. The van der Waals surface area contributed by atoms with Gasteiger partial charge in [0, 0.05) is 0 Å². The number of carboxylic acids is 1. The molecule has 0 radical (unpaired) electrons. The average Bonchev–Trinajstić information content (AvgIpc) is 2.12. The number of hydrogen-bond acceptors (Lipinski definition) is 2. The zero-order valence-corrected chi connectivity index (χ0v) is 8.42. The average molecular weight is 330 g/mol. The number of alkyl halides is 11. The monoisotopic (exact) mass is 330 g/mol. The van der Waals surface area contributed by atoms with Gasteiger partial charge in [-0.25, -0.2) is 9.53 Å². The second kappa shape index (κ2) is 4.60. The number of hydrogen-bond donors (Lipinski definition) is 1. The van der Waals surface area contributed by atoms with Crippen LogP contribution in [0.4, 0.5) is 48.3 Å². The van der Waals surface area contributed by atoms with E-state index in [0.717, 1.165) is 0 Å². The fraction of sp³-hybridized carbons (Fsp3) is 0.833. The van der Waals surface area contributed by atoms with Gasteiger partial charge >= 0.3 is 36.2 Å². The highest BCUT2D eigenvalue weighted by molar-refractivity contribution is 5.76. The van der Waals surface area contributed by atoms with Crippen LogP contribution in [0.5, 0.6) is 0 Å². The lowest BCUT2D eigenvalue weighted by atomic mass is 10.1. The topological polar surface area (TPSA) is 46.5 Å². The maximum absolute atomic E-state index is 12.4. The van der Waals surface area contributed by atoms with E-state index in [1.807, 2.05) is 0 Å². The van der Waals surface area contributed by atoms with E-state index in [9.17, 15) is 53.1 Å². The molecule has 0 atom stereocenters. The quantitative estimate of drug-likeness (QED) is 0.788. The molecule has 20 heavy (non-hydrogen) atoms. The molecule has 0 saturated heterocycles. The summed E-state index contributed by atoms with van der Waals surface area (Å²) in [5.41, 5.74) is 0. The summed E-state index contributed by atoms with van der Waals surface area (Å²) in [6, 6.07) is 0. The van der Waals surface area contributed by atoms with Crippen LogP contribution in [-0.4, -0.2) is 41.3 Å². The summed E-state index contributed by atoms with van der Waals surface area (Å²) >= 11 is 0. The maximum Gasteiger partial charge on any atom is 0.483 e. The minimum atomic E-state index is -7.18. The van der Waals surface area contributed by atoms with E-state index >= 15 is 0 Å². The van der Waals surface area contributed by atoms with Gasteiger partial charge in [0.25, 0.3) is 0 Å². The van der Waals surface area contributed by atoms with Gasteiger partial charge < -0.3 is 5.11 Å². The standard InChI is InChI=1S/C6HF11O3/c7-2(8,1(18)19)3(9,10)5(14,15)20-6(16,17)4(11,12)13/h(H,18,19). The first-order valence-corrected chi connectivity index (χ1v) is 3.91. The van der Waals surface area contributed by atoms with Crippen molar-refractivity contribution in [2.45, 2.75) is 30.2 Å². The maximum atomic E-state index is 12.4. The van der Waals surface area contributed by atoms with Crippen molar-refractivity contribution in [3.05, 3.63) is 0 Å². The summed E-state index contributed by atoms with van der Waals surface area (Å²) in [6.07, 6.45) is -21.0. The first kappa shape index (κ1) is 18.7. The second-order valence-electron chi connectivity index (χ2n) is 3.09. The van der Waals surface area contributed by atoms with Crippen LogP contribution >= 0.6 is 0 Å². The zero-order valence-electron chi connectivity index (χ0n) is 8.42. The summed E-state index contributed by atoms with van der Waals surface area (Å²) < 4.78 is 134. The molecule has 0 bridgehead atoms. The molecule has 0 aromatic heterocycles. The third-order valence-corrected chi connectivity index (χ3v) is 1.61. The molecule has 14 heteroatoms. The Morgan fingerprint density at radius 1 is 0.750 bits per heavy atom. The lowest BCUT2D eigenvalue weighted by Gasteiger charge is -2.32. The van der Waals surface area contributed by atoms with E-state index in [0.29, 0.717) is 0 Å². The Morgan fingerprint density at radius 2 is 1.10 bits per heavy atom. The van der Waals surface area contributed by atoms with Gasteiger partial charge in [-0.3, -0.25) is 0 Å². The van der Waals surface area contributed by atoms with Crippen LogP contribution in [0.25, 0.3) is 0 Å². The Hall–Kier alpha value is -1.34. The van der Waals surface area contributed by atoms with Crippen molar-refractivity contribution in [1.29, 1.82) is 0 Å². The molecule has 0 heterocycles. The lowest BCUT2D eigenvalue weighted by Crippen LogP contribution is -2.61. The molecule has 0 aliphatic carbocycles. The number of aliphatic carboxylic acids is 1. The smallest absolute Gasteiger partial charge is 0.477 e. The van der Waals surface area contributed by atoms with Crippen LogP contribution in [0.3, 0.4) is 0 Å². The van der Waals surface area contributed by atoms with E-state index in [1.54, 1.807) is 0 Å². The molecular weight excluding hydrogens is 329 g/mol. The molecule has 120 valence electrons. The summed E-state index contributed by atoms with van der Waals surface area (Å²) in [6.45, 7) is 0. The van der Waals surface area contributed by atoms with Crippen molar-refractivity contribution in [3.8, 4) is 0 Å². The van der Waals surface area contributed by atoms with Crippen molar-refractivity contribution in [1.82, 2.24) is 0 Å². The summed E-state index contributed by atoms with van der Waals surface area (Å²) in [7, 11) is 0. The Kier molecular flexibility index (Phi) is 4.29. The lowest BCUT2D eigenvalue weighted by molar-refractivity contribution is -0.498. The van der Waals surface area contributed by atoms with Crippen molar-refractivity contribution in [2.75, 3.05) is 0 Å². The molecule has 0 spiro atoms. The summed E-state index contributed by atoms with van der Waals surface area (Å²) in [4.78, 5) is 9.65. The van der Waals surface area contributed by atoms with Gasteiger partial charge in [-0.1, -0.05) is 0 Å². The van der Waals surface area contributed by atoms with Crippen molar-refractivity contribution in [3.63, 3.8) is 0 Å². The molecule has 3 nitrogen and oxygen atoms in total. The molecule has 1 N–H and O–H groups in total. The van der Waals surface area contributed by atoms with Gasteiger partial charge in [-0.15, -0.1) is 0 Å². The van der Waals surface area contributed by atoms with Crippen LogP contribution in [0.1, 0.15) is 0 Å². The fourth-order valence-corrected chi connectivity index (χ4v) is 0.600. The number of ether oxygens (including phenoxy) is 1. The fourth-order valence-electron chi connectivity index (χ4n) is 0.600. The molecular formula is C6HF11O3. The number of carbonyl (C=O) groups is 1. The van der Waals surface area contributed by atoms with E-state index in [1.165, 1.54) is 4.74 Å². The third-order valence-electron chi connectivity index (χ3n) is 1.61. The van der Waals surface area contributed by atoms with Crippen molar-refractivity contribution >= 4 is 5.97 Å². The van der Waals surface area contributed by atoms with Crippen LogP contribution in [0, 0.1) is 0 Å². The predicted molar refractivity (Wildman–Crippen MR) is 34.6 cm³/mol. The molecule has 0 aromatic rings. The van der Waals surface area contributed by atoms with E-state index in [-0.39, 0.29) is 0 Å². The van der Waals surface area contributed by atoms with Crippen LogP contribution in [0.15, 0.2) is 0 Å². The highest BCUT2D eigenvalue weighted by Crippen LogP contribution is 2.50. The molecule has 0 unspecified atom stereocenters. The predicted octanol–water partition coefficient (Wildman–Crippen LogP) is 3.11. The molecule has 0 fully saturated rings. The van der Waals surface area contributed by atoms with Gasteiger partial charge in [0.15, 0.2) is 0 Å². The minimum absolute atomic E-state index is 1.41. The summed E-state index contributed by atoms with van der Waals surface area (Å²) in [5.74, 6) is -17.7. The normalized spacial score (nSPS) is 15.3. The zero-order chi connectivity index (χ0) is 16.8. The number of rotatable bonds is 5. The van der Waals surface area contributed by atoms with Crippen molar-refractivity contribution < 1.29 is 62.9 Å². The summed E-state index contributed by atoms with van der Waals surface area (Å²) in [5, 5.41) is 7.57. The van der Waals surface area contributed by atoms with Gasteiger partial charge in [-0.2, -0.15) is 48.3 Å². The molecule has 0 aliphatic rings. The van der Waals surface area contributed by atoms with Gasteiger partial charge in [0.1, 0.15) is 0 Å². The largest absolute Gasteiger partial charge is 0.483 e. The Labute approximate surface area is 100 Å². The molecule has 0 aliphatic heterocycles. The Morgan fingerprint density at radius 3 is 1.35 bits per heavy atom. The number of halogens is 11. The minimum Gasteiger partial charge on any atom is -0.477 e. The first-order chi connectivity index (χ1) is 8.40. The third kappa shape index (κ3) is 2.88. The van der Waals surface area contributed by atoms with Gasteiger partial charge in [0.2, 0.25) is 0 Å². The SMILES string of the molecule is O=C(O)C(F)(F)C(F)(F)C(F)(F)OC(F)(F)C(F)(F)F. The van der Waals surface area contributed by atoms with E-state index in [4.69, 9.17) is 5.11 Å². The van der Waals surface area contributed by atoms with Crippen molar-refractivity contribution in [2.24, 2.45) is 0 Å². The van der Waals surface area contributed by atoms with E-state index < -0.39 is 36.2 Å². The number of carboxylic acid groups (broad SMARTS) is 1. The molecule has 0 aromatic carbocycles. The van der Waals surface area contributed by atoms with Crippen LogP contribution in [0.2, 0.25) is 0 Å². The molecule has 0 rings (SSSR count). The molecule has 0 saturated carbocycles. The van der Waals surface area contributed by atoms with E-state index in [2.05, 4.69) is 0 Å². The Balaban J connectivity index is 5.60. The van der Waals surface area contributed by atoms with Crippen LogP contribution < -0.4 is 0 Å². The Bertz CT molecular complexity index is 384.